The maximum absolute atomic E-state index is 13.4. The summed E-state index contributed by atoms with van der Waals surface area (Å²) in [5, 5.41) is 13.7. The van der Waals surface area contributed by atoms with Gasteiger partial charge in [-0.15, -0.1) is 13.2 Å². The first-order valence-corrected chi connectivity index (χ1v) is 17.6. The summed E-state index contributed by atoms with van der Waals surface area (Å²) in [6, 6.07) is 4.65. The van der Waals surface area contributed by atoms with Crippen LogP contribution in [0.4, 0.5) is 8.78 Å². The minimum Gasteiger partial charge on any atom is -0.317 e. The van der Waals surface area contributed by atoms with E-state index in [0.717, 1.165) is 59.3 Å². The van der Waals surface area contributed by atoms with Crippen LogP contribution in [-0.4, -0.2) is 74.7 Å². The summed E-state index contributed by atoms with van der Waals surface area (Å²) < 4.78 is 26.8. The molecule has 292 valence electrons. The van der Waals surface area contributed by atoms with Gasteiger partial charge in [0.15, 0.2) is 0 Å². The Bertz CT molecular complexity index is 1210. The number of hydrogen-bond acceptors (Lipinski definition) is 7. The molecular formula is C41H72F2N6O2. The van der Waals surface area contributed by atoms with E-state index >= 15 is 0 Å². The van der Waals surface area contributed by atoms with Crippen molar-refractivity contribution in [3.8, 4) is 0 Å². The molecule has 0 aliphatic rings. The van der Waals surface area contributed by atoms with Gasteiger partial charge in [-0.05, 0) is 117 Å². The van der Waals surface area contributed by atoms with Crippen LogP contribution in [0, 0.1) is 11.6 Å². The lowest BCUT2D eigenvalue weighted by Crippen LogP contribution is -2.29. The molecule has 2 atom stereocenters. The summed E-state index contributed by atoms with van der Waals surface area (Å²) in [6.45, 7) is 31.9. The highest BCUT2D eigenvalue weighted by molar-refractivity contribution is 5.88. The molecule has 51 heavy (non-hydrogen) atoms. The number of aldehydes is 1. The van der Waals surface area contributed by atoms with Crippen molar-refractivity contribution >= 4 is 30.9 Å². The number of carbonyl (C=O) groups is 2. The summed E-state index contributed by atoms with van der Waals surface area (Å²) >= 11 is 0. The fraction of sp³-hybridized carbons (Fsp3) is 0.512. The summed E-state index contributed by atoms with van der Waals surface area (Å²) in [7, 11) is 7.93. The lowest BCUT2D eigenvalue weighted by atomic mass is 10.0. The van der Waals surface area contributed by atoms with Gasteiger partial charge in [-0.3, -0.25) is 14.9 Å². The second-order valence-electron chi connectivity index (χ2n) is 11.0. The molecule has 1 aromatic carbocycles. The Hall–Kier alpha value is -3.86. The molecule has 1 aromatic heterocycles. The zero-order valence-electron chi connectivity index (χ0n) is 34.5. The van der Waals surface area contributed by atoms with Gasteiger partial charge in [0, 0.05) is 47.4 Å². The van der Waals surface area contributed by atoms with Gasteiger partial charge in [-0.25, -0.2) is 8.78 Å². The smallest absolute Gasteiger partial charge is 0.146 e. The Balaban J connectivity index is -0.000000213. The summed E-state index contributed by atoms with van der Waals surface area (Å²) in [6.07, 6.45) is 9.97. The molecule has 0 bridgehead atoms. The SMILES string of the molecule is C=C.C=C(C)N=C/C=C(\C)c1n[nH]c(CC)c1/C=C(/C=O)CC.C=O.CC.CC.CN(C)C.CN[C@@H](C)CCC(C)NCc1c(F)cccc1F. The van der Waals surface area contributed by atoms with Crippen LogP contribution in [-0.2, 0) is 22.6 Å². The molecule has 1 unspecified atom stereocenters. The van der Waals surface area contributed by atoms with Gasteiger partial charge < -0.3 is 20.3 Å². The lowest BCUT2D eigenvalue weighted by Gasteiger charge is -2.17. The van der Waals surface area contributed by atoms with Gasteiger partial charge in [-0.2, -0.15) is 5.10 Å². The van der Waals surface area contributed by atoms with Gasteiger partial charge in [0.1, 0.15) is 24.7 Å². The van der Waals surface area contributed by atoms with Crippen LogP contribution in [0.3, 0.4) is 0 Å². The minimum atomic E-state index is -0.488. The zero-order valence-corrected chi connectivity index (χ0v) is 34.5. The van der Waals surface area contributed by atoms with Gasteiger partial charge >= 0.3 is 0 Å². The van der Waals surface area contributed by atoms with Crippen molar-refractivity contribution in [2.75, 3.05) is 28.2 Å². The molecule has 0 fully saturated rings. The maximum atomic E-state index is 13.4. The lowest BCUT2D eigenvalue weighted by molar-refractivity contribution is -0.105. The molecule has 0 spiro atoms. The van der Waals surface area contributed by atoms with E-state index in [1.165, 1.54) is 18.2 Å². The number of carbonyl (C=O) groups excluding carboxylic acids is 2. The van der Waals surface area contributed by atoms with Crippen LogP contribution >= 0.6 is 0 Å². The summed E-state index contributed by atoms with van der Waals surface area (Å²) in [4.78, 5) is 25.2. The highest BCUT2D eigenvalue weighted by Crippen LogP contribution is 2.23. The molecule has 2 aromatic rings. The van der Waals surface area contributed by atoms with Crippen LogP contribution in [0.2, 0.25) is 0 Å². The van der Waals surface area contributed by atoms with Crippen LogP contribution in [0.25, 0.3) is 11.6 Å². The Morgan fingerprint density at radius 1 is 1.00 bits per heavy atom. The van der Waals surface area contributed by atoms with Crippen molar-refractivity contribution in [3.05, 3.63) is 89.4 Å². The number of benzene rings is 1. The summed E-state index contributed by atoms with van der Waals surface area (Å²) in [5.41, 5.74) is 5.49. The predicted molar refractivity (Wildman–Crippen MR) is 220 cm³/mol. The normalized spacial score (nSPS) is 11.5. The van der Waals surface area contributed by atoms with Crippen molar-refractivity contribution in [1.29, 1.82) is 0 Å². The highest BCUT2D eigenvalue weighted by Gasteiger charge is 2.12. The van der Waals surface area contributed by atoms with E-state index in [1.807, 2.05) is 107 Å². The van der Waals surface area contributed by atoms with Crippen molar-refractivity contribution in [2.45, 2.75) is 114 Å². The van der Waals surface area contributed by atoms with Crippen LogP contribution in [0.15, 0.2) is 60.3 Å². The van der Waals surface area contributed by atoms with Gasteiger partial charge in [-0.1, -0.05) is 54.2 Å². The first-order valence-electron chi connectivity index (χ1n) is 17.6. The standard InChI is InChI=1S/C17H23N3O.C14H22F2N2.C3H9N.2C2H6.C2H4.CH2O/c1-6-14(11-21)10-15-16(7-2)19-20-17(15)13(5)8-9-18-12(3)4;1-10(17-3)7-8-11(2)18-9-12-13(15)5-4-6-14(12)16;1-4(2)3;4*1-2/h8-11H,3,6-7H2,1-2,4-5H3,(H,19,20);4-6,10-11,17-18H,7-9H2,1-3H3;1-3H3;2*1-2H3;1-2H2;1H2/b13-8+,14-10+,18-9?;;;;;;/t;10-,11?;;;;;/m.0...../s1. The number of aromatic amines is 1. The average Bonchev–Trinajstić information content (AvgIpc) is 3.55. The largest absolute Gasteiger partial charge is 0.317 e. The van der Waals surface area contributed by atoms with E-state index in [2.05, 4.69) is 59.4 Å². The van der Waals surface area contributed by atoms with Gasteiger partial charge in [0.2, 0.25) is 0 Å². The number of halogens is 2. The number of rotatable bonds is 14. The van der Waals surface area contributed by atoms with E-state index < -0.39 is 11.6 Å². The summed E-state index contributed by atoms with van der Waals surface area (Å²) in [5.74, 6) is -0.975. The second-order valence-corrected chi connectivity index (χ2v) is 11.0. The number of hydrogen-bond donors (Lipinski definition) is 3. The molecule has 8 nitrogen and oxygen atoms in total. The fourth-order valence-electron chi connectivity index (χ4n) is 3.60. The molecule has 3 N–H and O–H groups in total. The quantitative estimate of drug-likeness (QED) is 0.0778. The number of aryl methyl sites for hydroxylation is 1. The third-order valence-electron chi connectivity index (χ3n) is 6.33. The molecule has 2 rings (SSSR count). The average molecular weight is 719 g/mol. The molecule has 10 heteroatoms. The minimum absolute atomic E-state index is 0.117. The third kappa shape index (κ3) is 29.6. The van der Waals surface area contributed by atoms with E-state index in [-0.39, 0.29) is 18.2 Å². The zero-order chi connectivity index (χ0) is 40.9. The number of allylic oxidation sites excluding steroid dienone is 4. The third-order valence-corrected chi connectivity index (χ3v) is 6.33. The molecule has 0 radical (unpaired) electrons. The molecule has 0 aliphatic carbocycles. The molecule has 1 heterocycles. The topological polar surface area (TPSA) is 102 Å². The number of aliphatic imine (C=N–C) groups is 1. The van der Waals surface area contributed by atoms with E-state index in [9.17, 15) is 13.6 Å². The molecule has 0 aliphatic heterocycles. The maximum Gasteiger partial charge on any atom is 0.146 e. The molecular weight excluding hydrogens is 646 g/mol. The Morgan fingerprint density at radius 2 is 1.49 bits per heavy atom. The van der Waals surface area contributed by atoms with Crippen LogP contribution < -0.4 is 10.6 Å². The number of nitrogens with zero attached hydrogens (tertiary/aromatic N) is 3. The van der Waals surface area contributed by atoms with Crippen LogP contribution in [0.5, 0.6) is 0 Å². The first kappa shape index (κ1) is 56.5. The van der Waals surface area contributed by atoms with Crippen molar-refractivity contribution < 1.29 is 18.4 Å². The van der Waals surface area contributed by atoms with Crippen molar-refractivity contribution in [3.63, 3.8) is 0 Å². The number of nitrogens with one attached hydrogen (secondary N) is 3. The van der Waals surface area contributed by atoms with E-state index in [4.69, 9.17) is 4.79 Å². The van der Waals surface area contributed by atoms with Crippen LogP contribution in [0.1, 0.15) is 111 Å². The van der Waals surface area contributed by atoms with E-state index in [1.54, 1.807) is 6.21 Å². The van der Waals surface area contributed by atoms with E-state index in [0.29, 0.717) is 12.5 Å². The monoisotopic (exact) mass is 719 g/mol. The molecule has 0 saturated carbocycles. The van der Waals surface area contributed by atoms with Crippen molar-refractivity contribution in [2.24, 2.45) is 4.99 Å². The van der Waals surface area contributed by atoms with Gasteiger partial charge in [0.05, 0.1) is 5.69 Å². The van der Waals surface area contributed by atoms with Gasteiger partial charge in [0.25, 0.3) is 0 Å². The Labute approximate surface area is 310 Å². The number of aromatic nitrogens is 2. The molecule has 0 saturated heterocycles. The Kier molecular flexibility index (Phi) is 43.1. The van der Waals surface area contributed by atoms with Crippen molar-refractivity contribution in [1.82, 2.24) is 25.7 Å². The Morgan fingerprint density at radius 3 is 1.90 bits per heavy atom. The molecule has 0 amide bonds. The highest BCUT2D eigenvalue weighted by atomic mass is 19.1. The fourth-order valence-corrected chi connectivity index (χ4v) is 3.60. The number of H-pyrrole nitrogens is 1. The second kappa shape index (κ2) is 38.9. The predicted octanol–water partition coefficient (Wildman–Crippen LogP) is 9.65. The first-order chi connectivity index (χ1) is 24.3.